The molecular formula is C36H45FN2O4. The summed E-state index contributed by atoms with van der Waals surface area (Å²) in [5, 5.41) is 10.5. The first-order valence-electron chi connectivity index (χ1n) is 15.4. The molecule has 0 radical (unpaired) electrons. The lowest BCUT2D eigenvalue weighted by Gasteiger charge is -2.41. The molecule has 0 saturated carbocycles. The highest BCUT2D eigenvalue weighted by Gasteiger charge is 2.36. The lowest BCUT2D eigenvalue weighted by atomic mass is 9.81. The van der Waals surface area contributed by atoms with Crippen molar-refractivity contribution in [2.24, 2.45) is 5.41 Å². The minimum Gasteiger partial charge on any atom is -0.490 e. The van der Waals surface area contributed by atoms with E-state index >= 15 is 0 Å². The highest BCUT2D eigenvalue weighted by molar-refractivity contribution is 5.88. The number of carboxylic acids is 1. The number of pyridine rings is 1. The van der Waals surface area contributed by atoms with Crippen LogP contribution in [0, 0.1) is 25.1 Å². The van der Waals surface area contributed by atoms with Gasteiger partial charge in [0, 0.05) is 42.0 Å². The van der Waals surface area contributed by atoms with E-state index in [0.717, 1.165) is 67.7 Å². The Hall–Kier alpha value is -3.45. The van der Waals surface area contributed by atoms with Gasteiger partial charge in [0.1, 0.15) is 17.7 Å². The van der Waals surface area contributed by atoms with Crippen LogP contribution in [0.15, 0.2) is 42.5 Å². The first-order chi connectivity index (χ1) is 20.2. The number of hydrogen-bond acceptors (Lipinski definition) is 5. The number of halogens is 1. The van der Waals surface area contributed by atoms with Gasteiger partial charge in [0.05, 0.1) is 11.3 Å². The number of benzene rings is 2. The summed E-state index contributed by atoms with van der Waals surface area (Å²) in [7, 11) is 0. The van der Waals surface area contributed by atoms with E-state index in [0.29, 0.717) is 17.0 Å². The third kappa shape index (κ3) is 7.04. The predicted octanol–water partition coefficient (Wildman–Crippen LogP) is 8.01. The summed E-state index contributed by atoms with van der Waals surface area (Å²) in [6, 6.07) is 12.8. The van der Waals surface area contributed by atoms with Crippen LogP contribution in [0.3, 0.4) is 0 Å². The van der Waals surface area contributed by atoms with Crippen LogP contribution in [0.2, 0.25) is 0 Å². The fraction of sp³-hybridized carbons (Fsp3) is 0.500. The Balaban J connectivity index is 1.56. The Kier molecular flexibility index (Phi) is 8.59. The minimum atomic E-state index is -1.14. The molecule has 1 N–H and O–H groups in total. The molecule has 0 spiro atoms. The zero-order valence-corrected chi connectivity index (χ0v) is 26.6. The molecular weight excluding hydrogens is 543 g/mol. The number of carbonyl (C=O) groups is 1. The Bertz CT molecular complexity index is 1480. The minimum absolute atomic E-state index is 0.0244. The number of anilines is 1. The van der Waals surface area contributed by atoms with Crippen molar-refractivity contribution < 1.29 is 23.8 Å². The number of rotatable bonds is 7. The van der Waals surface area contributed by atoms with Gasteiger partial charge >= 0.3 is 5.97 Å². The van der Waals surface area contributed by atoms with Gasteiger partial charge in [-0.25, -0.2) is 9.18 Å². The van der Waals surface area contributed by atoms with Crippen molar-refractivity contribution in [3.05, 3.63) is 76.4 Å². The lowest BCUT2D eigenvalue weighted by molar-refractivity contribution is -0.160. The molecule has 2 aromatic carbocycles. The van der Waals surface area contributed by atoms with E-state index < -0.39 is 17.7 Å². The highest BCUT2D eigenvalue weighted by Crippen LogP contribution is 2.45. The monoisotopic (exact) mass is 588 g/mol. The number of piperidine rings is 1. The van der Waals surface area contributed by atoms with Gasteiger partial charge < -0.3 is 19.5 Å². The summed E-state index contributed by atoms with van der Waals surface area (Å²) < 4.78 is 25.8. The van der Waals surface area contributed by atoms with E-state index in [1.165, 1.54) is 23.3 Å². The van der Waals surface area contributed by atoms with Crippen molar-refractivity contribution in [3.63, 3.8) is 0 Å². The number of carboxylic acid groups (broad SMARTS) is 1. The molecule has 2 heterocycles. The molecule has 230 valence electrons. The largest absolute Gasteiger partial charge is 0.490 e. The first kappa shape index (κ1) is 31.0. The fourth-order valence-corrected chi connectivity index (χ4v) is 6.44. The maximum atomic E-state index is 13.4. The van der Waals surface area contributed by atoms with Crippen LogP contribution in [-0.4, -0.2) is 40.9 Å². The van der Waals surface area contributed by atoms with E-state index in [2.05, 4.69) is 36.9 Å². The smallest absolute Gasteiger partial charge is 0.337 e. The zero-order chi connectivity index (χ0) is 31.1. The SMILES string of the molecule is Cc1nc(C)c([C@H](OC(C)(C)C)C(=O)O)c(N2CCC(C)(C)CC2)c1-c1ccc2c(c1)CCC(Oc1ccc(F)cc1)C2. The van der Waals surface area contributed by atoms with Gasteiger partial charge in [-0.05, 0) is 107 Å². The quantitative estimate of drug-likeness (QED) is 0.302. The topological polar surface area (TPSA) is 71.9 Å². The molecule has 6 nitrogen and oxygen atoms in total. The van der Waals surface area contributed by atoms with Gasteiger partial charge in [-0.2, -0.15) is 0 Å². The molecule has 1 aliphatic heterocycles. The van der Waals surface area contributed by atoms with Crippen LogP contribution in [-0.2, 0) is 22.4 Å². The lowest BCUT2D eigenvalue weighted by Crippen LogP contribution is -2.39. The van der Waals surface area contributed by atoms with Crippen LogP contribution in [0.4, 0.5) is 10.1 Å². The maximum absolute atomic E-state index is 13.4. The van der Waals surface area contributed by atoms with Crippen molar-refractivity contribution in [3.8, 4) is 16.9 Å². The average molecular weight is 589 g/mol. The molecule has 2 aliphatic rings. The van der Waals surface area contributed by atoms with E-state index in [1.807, 2.05) is 34.6 Å². The number of hydrogen-bond donors (Lipinski definition) is 1. The fourth-order valence-electron chi connectivity index (χ4n) is 6.44. The third-order valence-electron chi connectivity index (χ3n) is 8.76. The third-order valence-corrected chi connectivity index (χ3v) is 8.76. The summed E-state index contributed by atoms with van der Waals surface area (Å²) in [5.74, 6) is -0.601. The number of fused-ring (bicyclic) bond motifs is 1. The van der Waals surface area contributed by atoms with Gasteiger partial charge in [0.25, 0.3) is 0 Å². The summed E-state index contributed by atoms with van der Waals surface area (Å²) in [6.07, 6.45) is 3.41. The van der Waals surface area contributed by atoms with Crippen molar-refractivity contribution in [1.82, 2.24) is 4.98 Å². The molecule has 1 aliphatic carbocycles. The predicted molar refractivity (Wildman–Crippen MR) is 168 cm³/mol. The van der Waals surface area contributed by atoms with E-state index in [-0.39, 0.29) is 17.3 Å². The average Bonchev–Trinajstić information content (AvgIpc) is 2.92. The molecule has 43 heavy (non-hydrogen) atoms. The Morgan fingerprint density at radius 1 is 1.05 bits per heavy atom. The van der Waals surface area contributed by atoms with Crippen LogP contribution in [0.5, 0.6) is 5.75 Å². The van der Waals surface area contributed by atoms with E-state index in [1.54, 1.807) is 12.1 Å². The molecule has 0 bridgehead atoms. The second-order valence-corrected chi connectivity index (χ2v) is 13.9. The number of ether oxygens (including phenoxy) is 2. The second kappa shape index (κ2) is 11.9. The van der Waals surface area contributed by atoms with E-state index in [4.69, 9.17) is 14.5 Å². The van der Waals surface area contributed by atoms with Crippen molar-refractivity contribution >= 4 is 11.7 Å². The van der Waals surface area contributed by atoms with Gasteiger partial charge in [-0.15, -0.1) is 0 Å². The highest BCUT2D eigenvalue weighted by atomic mass is 19.1. The second-order valence-electron chi connectivity index (χ2n) is 13.9. The number of nitrogens with zero attached hydrogens (tertiary/aromatic N) is 2. The maximum Gasteiger partial charge on any atom is 0.337 e. The van der Waals surface area contributed by atoms with Gasteiger partial charge in [0.2, 0.25) is 0 Å². The van der Waals surface area contributed by atoms with Crippen LogP contribution in [0.25, 0.3) is 11.1 Å². The molecule has 2 atom stereocenters. The van der Waals surface area contributed by atoms with Crippen molar-refractivity contribution in [1.29, 1.82) is 0 Å². The summed E-state index contributed by atoms with van der Waals surface area (Å²) in [4.78, 5) is 20.1. The van der Waals surface area contributed by atoms with E-state index in [9.17, 15) is 14.3 Å². The van der Waals surface area contributed by atoms with Gasteiger partial charge in [-0.3, -0.25) is 4.98 Å². The molecule has 1 unspecified atom stereocenters. The molecule has 0 amide bonds. The van der Waals surface area contributed by atoms with Crippen LogP contribution in [0.1, 0.15) is 88.1 Å². The van der Waals surface area contributed by atoms with Crippen molar-refractivity contribution in [2.45, 2.75) is 98.4 Å². The standard InChI is InChI=1S/C36H45FN2O4/c1-22-30(26-9-8-25-21-29(13-10-24(25)20-26)42-28-14-11-27(37)12-15-28)32(39-18-16-36(6,7)17-19-39)31(23(2)38-22)33(34(40)41)43-35(3,4)5/h8-9,11-12,14-15,20,29,33H,10,13,16-19,21H2,1-7H3,(H,40,41)/t29?,33-/m0/s1. The Morgan fingerprint density at radius 2 is 1.72 bits per heavy atom. The normalized spacial score (nSPS) is 19.1. The molecule has 1 aromatic heterocycles. The Labute approximate surface area is 255 Å². The summed E-state index contributed by atoms with van der Waals surface area (Å²) in [5.41, 5.74) is 7.27. The van der Waals surface area contributed by atoms with Crippen LogP contribution < -0.4 is 9.64 Å². The first-order valence-corrected chi connectivity index (χ1v) is 15.4. The van der Waals surface area contributed by atoms with Gasteiger partial charge in [0.15, 0.2) is 6.10 Å². The number of aromatic nitrogens is 1. The number of aliphatic carboxylic acids is 1. The molecule has 1 fully saturated rings. The van der Waals surface area contributed by atoms with Crippen LogP contribution >= 0.6 is 0 Å². The molecule has 5 rings (SSSR count). The Morgan fingerprint density at radius 3 is 2.35 bits per heavy atom. The van der Waals surface area contributed by atoms with Crippen molar-refractivity contribution in [2.75, 3.05) is 18.0 Å². The van der Waals surface area contributed by atoms with Gasteiger partial charge in [-0.1, -0.05) is 32.0 Å². The molecule has 1 saturated heterocycles. The summed E-state index contributed by atoms with van der Waals surface area (Å²) in [6.45, 7) is 15.9. The molecule has 3 aromatic rings. The number of aryl methyl sites for hydroxylation is 3. The molecule has 7 heteroatoms. The summed E-state index contributed by atoms with van der Waals surface area (Å²) >= 11 is 0. The zero-order valence-electron chi connectivity index (χ0n) is 26.6.